The quantitative estimate of drug-likeness (QED) is 0.0846. The molecule has 10 heteroatoms. The van der Waals surface area contributed by atoms with Gasteiger partial charge < -0.3 is 9.64 Å². The van der Waals surface area contributed by atoms with Gasteiger partial charge in [0.2, 0.25) is 5.88 Å². The Labute approximate surface area is 231 Å². The molecule has 3 aromatic rings. The van der Waals surface area contributed by atoms with Crippen LogP contribution in [0.5, 0.6) is 5.88 Å². The van der Waals surface area contributed by atoms with Gasteiger partial charge in [-0.2, -0.15) is 0 Å². The maximum Gasteiger partial charge on any atom is 0.299 e. The minimum Gasteiger partial charge on any atom is -0.480 e. The number of methoxy groups -OCH3 is 1. The van der Waals surface area contributed by atoms with E-state index in [0.717, 1.165) is 37.0 Å². The summed E-state index contributed by atoms with van der Waals surface area (Å²) >= 11 is 2.33. The van der Waals surface area contributed by atoms with Crippen LogP contribution in [0.1, 0.15) is 59.6 Å². The third-order valence-electron chi connectivity index (χ3n) is 5.69. The Bertz CT molecular complexity index is 1280. The van der Waals surface area contributed by atoms with Crippen LogP contribution in [-0.2, 0) is 4.79 Å². The highest BCUT2D eigenvalue weighted by Crippen LogP contribution is 2.31. The number of amides is 2. The van der Waals surface area contributed by atoms with E-state index in [4.69, 9.17) is 4.74 Å². The number of rotatable bonds is 13. The fourth-order valence-corrected chi connectivity index (χ4v) is 5.18. The molecule has 1 N–H and O–H groups in total. The predicted molar refractivity (Wildman–Crippen MR) is 156 cm³/mol. The molecule has 38 heavy (non-hydrogen) atoms. The number of carbonyl (C=O) groups excluding carboxylic acids is 3. The fraction of sp³-hybridized carbons (Fsp3) is 0.321. The number of nitrogens with one attached hydrogen (secondary N) is 1. The number of thiophene rings is 1. The molecule has 0 aliphatic rings. The topological polar surface area (TPSA) is 101 Å². The van der Waals surface area contributed by atoms with Crippen molar-refractivity contribution in [2.24, 2.45) is 0 Å². The van der Waals surface area contributed by atoms with Gasteiger partial charge in [-0.05, 0) is 38.7 Å². The van der Waals surface area contributed by atoms with E-state index in [1.54, 1.807) is 27.9 Å². The Morgan fingerprint density at radius 2 is 1.95 bits per heavy atom. The van der Waals surface area contributed by atoms with E-state index >= 15 is 0 Å². The molecular weight excluding hydrogens is 520 g/mol. The third kappa shape index (κ3) is 7.69. The summed E-state index contributed by atoms with van der Waals surface area (Å²) in [6, 6.07) is 1.61. The standard InChI is InChI=1S/C26H30N4O4S2.C2H4/c1-5-10-17(6-2)11-8-9-13-30(7-3)25(33)19-15-18-20(28-24(19)34-4)16-36-22(18)21(31)23(32)29-26-27-12-14-35-26;1-2/h5,10,12,14-16H,1,6-9,11,13H2,2-4H3,(H,27,29,32);1-2H2/b17-10+;. The molecule has 8 nitrogen and oxygen atoms in total. The number of ketones is 1. The predicted octanol–water partition coefficient (Wildman–Crippen LogP) is 6.54. The minimum atomic E-state index is -0.787. The van der Waals surface area contributed by atoms with Crippen LogP contribution in [0.25, 0.3) is 10.9 Å². The van der Waals surface area contributed by atoms with Crippen LogP contribution in [0.2, 0.25) is 0 Å². The van der Waals surface area contributed by atoms with Gasteiger partial charge in [-0.1, -0.05) is 31.2 Å². The van der Waals surface area contributed by atoms with Gasteiger partial charge in [0.15, 0.2) is 5.13 Å². The van der Waals surface area contributed by atoms with Crippen LogP contribution in [0.15, 0.2) is 60.5 Å². The molecule has 0 radical (unpaired) electrons. The van der Waals surface area contributed by atoms with Crippen LogP contribution in [-0.4, -0.2) is 52.7 Å². The number of Topliss-reactive ketones (excluding diaryl/α,β-unsaturated/α-hetero) is 1. The third-order valence-corrected chi connectivity index (χ3v) is 7.36. The van der Waals surface area contributed by atoms with Gasteiger partial charge >= 0.3 is 0 Å². The number of hydrogen-bond donors (Lipinski definition) is 1. The zero-order chi connectivity index (χ0) is 28.1. The molecule has 0 saturated carbocycles. The number of hydrogen-bond acceptors (Lipinski definition) is 8. The fourth-order valence-electron chi connectivity index (χ4n) is 3.76. The van der Waals surface area contributed by atoms with Crippen molar-refractivity contribution in [3.05, 3.63) is 70.9 Å². The van der Waals surface area contributed by atoms with E-state index < -0.39 is 11.7 Å². The second kappa shape index (κ2) is 15.6. The summed E-state index contributed by atoms with van der Waals surface area (Å²) < 4.78 is 5.41. The Morgan fingerprint density at radius 1 is 1.18 bits per heavy atom. The van der Waals surface area contributed by atoms with Crippen molar-refractivity contribution >= 4 is 56.3 Å². The second-order valence-corrected chi connectivity index (χ2v) is 9.69. The number of fused-ring (bicyclic) bond motifs is 1. The molecule has 0 aliphatic carbocycles. The van der Waals surface area contributed by atoms with Gasteiger partial charge in [0.05, 0.1) is 17.5 Å². The van der Waals surface area contributed by atoms with Crippen LogP contribution in [0, 0.1) is 0 Å². The molecule has 0 spiro atoms. The Kier molecular flexibility index (Phi) is 12.5. The lowest BCUT2D eigenvalue weighted by Crippen LogP contribution is -2.32. The summed E-state index contributed by atoms with van der Waals surface area (Å²) in [6.45, 7) is 14.9. The van der Waals surface area contributed by atoms with E-state index in [-0.39, 0.29) is 22.2 Å². The maximum absolute atomic E-state index is 13.4. The number of thiazole rings is 1. The zero-order valence-corrected chi connectivity index (χ0v) is 23.8. The van der Waals surface area contributed by atoms with Crippen molar-refractivity contribution in [1.82, 2.24) is 14.9 Å². The number of pyridine rings is 1. The molecular formula is C28H34N4O4S2. The molecule has 3 rings (SSSR count). The Balaban J connectivity index is 0.00000247. The van der Waals surface area contributed by atoms with Crippen LogP contribution in [0.3, 0.4) is 0 Å². The van der Waals surface area contributed by atoms with Crippen molar-refractivity contribution in [3.8, 4) is 5.88 Å². The van der Waals surface area contributed by atoms with Crippen molar-refractivity contribution in [2.75, 3.05) is 25.5 Å². The summed E-state index contributed by atoms with van der Waals surface area (Å²) in [7, 11) is 1.46. The molecule has 3 aromatic heterocycles. The highest BCUT2D eigenvalue weighted by Gasteiger charge is 2.26. The number of nitrogens with zero attached hydrogens (tertiary/aromatic N) is 3. The molecule has 0 atom stereocenters. The van der Waals surface area contributed by atoms with E-state index in [1.807, 2.05) is 19.1 Å². The Hall–Kier alpha value is -3.63. The molecule has 202 valence electrons. The van der Waals surface area contributed by atoms with Gasteiger partial charge in [-0.15, -0.1) is 35.8 Å². The van der Waals surface area contributed by atoms with Crippen molar-refractivity contribution in [1.29, 1.82) is 0 Å². The maximum atomic E-state index is 13.4. The average Bonchev–Trinajstić information content (AvgIpc) is 3.61. The lowest BCUT2D eigenvalue weighted by atomic mass is 10.1. The molecule has 0 fully saturated rings. The molecule has 0 aromatic carbocycles. The first-order chi connectivity index (χ1) is 18.4. The molecule has 3 heterocycles. The molecule has 0 bridgehead atoms. The van der Waals surface area contributed by atoms with Crippen molar-refractivity contribution in [2.45, 2.75) is 39.5 Å². The number of carbonyl (C=O) groups is 3. The average molecular weight is 555 g/mol. The normalized spacial score (nSPS) is 10.9. The number of anilines is 1. The second-order valence-electron chi connectivity index (χ2n) is 7.92. The van der Waals surface area contributed by atoms with Crippen LogP contribution in [0.4, 0.5) is 5.13 Å². The highest BCUT2D eigenvalue weighted by atomic mass is 32.1. The number of unbranched alkanes of at least 4 members (excludes halogenated alkanes) is 1. The zero-order valence-electron chi connectivity index (χ0n) is 22.1. The lowest BCUT2D eigenvalue weighted by Gasteiger charge is -2.22. The number of aromatic nitrogens is 2. The van der Waals surface area contributed by atoms with Crippen LogP contribution < -0.4 is 10.1 Å². The van der Waals surface area contributed by atoms with E-state index in [2.05, 4.69) is 41.9 Å². The SMILES string of the molecule is C=C.C=C/C=C(\CC)CCCCN(CC)C(=O)c1cc2c(C(=O)C(=O)Nc3nccs3)scc2nc1OC. The summed E-state index contributed by atoms with van der Waals surface area (Å²) in [6.07, 6.45) is 9.16. The Morgan fingerprint density at radius 3 is 2.55 bits per heavy atom. The van der Waals surface area contributed by atoms with E-state index in [9.17, 15) is 14.4 Å². The number of allylic oxidation sites excluding steroid dienone is 3. The van der Waals surface area contributed by atoms with E-state index in [0.29, 0.717) is 29.1 Å². The van der Waals surface area contributed by atoms with Gasteiger partial charge in [0.1, 0.15) is 5.56 Å². The lowest BCUT2D eigenvalue weighted by molar-refractivity contribution is -0.112. The minimum absolute atomic E-state index is 0.192. The van der Waals surface area contributed by atoms with Gasteiger partial charge in [-0.25, -0.2) is 9.97 Å². The first-order valence-electron chi connectivity index (χ1n) is 12.2. The van der Waals surface area contributed by atoms with Crippen LogP contribution >= 0.6 is 22.7 Å². The molecule has 0 saturated heterocycles. The summed E-state index contributed by atoms with van der Waals surface area (Å²) in [4.78, 5) is 49.2. The van der Waals surface area contributed by atoms with Crippen molar-refractivity contribution in [3.63, 3.8) is 0 Å². The first kappa shape index (κ1) is 30.6. The van der Waals surface area contributed by atoms with Gasteiger partial charge in [-0.3, -0.25) is 19.7 Å². The van der Waals surface area contributed by atoms with E-state index in [1.165, 1.54) is 24.0 Å². The summed E-state index contributed by atoms with van der Waals surface area (Å²) in [5.74, 6) is -1.53. The monoisotopic (exact) mass is 554 g/mol. The van der Waals surface area contributed by atoms with Gasteiger partial charge in [0, 0.05) is 35.4 Å². The number of ether oxygens (including phenoxy) is 1. The van der Waals surface area contributed by atoms with Gasteiger partial charge in [0.25, 0.3) is 17.6 Å². The molecule has 0 unspecified atom stereocenters. The summed E-state index contributed by atoms with van der Waals surface area (Å²) in [5, 5.41) is 6.67. The van der Waals surface area contributed by atoms with Crippen molar-refractivity contribution < 1.29 is 19.1 Å². The first-order valence-corrected chi connectivity index (χ1v) is 14.0. The highest BCUT2D eigenvalue weighted by molar-refractivity contribution is 7.15. The summed E-state index contributed by atoms with van der Waals surface area (Å²) in [5.41, 5.74) is 2.09. The largest absolute Gasteiger partial charge is 0.480 e. The molecule has 2 amide bonds. The molecule has 0 aliphatic heterocycles. The smallest absolute Gasteiger partial charge is 0.299 e.